The second-order valence-corrected chi connectivity index (χ2v) is 12.9. The lowest BCUT2D eigenvalue weighted by Gasteiger charge is -2.21. The number of pyridine rings is 1. The number of aliphatic imine (C=N–C) groups is 1. The number of halogens is 1. The van der Waals surface area contributed by atoms with Crippen molar-refractivity contribution in [2.24, 2.45) is 4.99 Å². The molecule has 1 N–H and O–H groups in total. The van der Waals surface area contributed by atoms with E-state index in [1.54, 1.807) is 40.8 Å². The van der Waals surface area contributed by atoms with Crippen LogP contribution in [0.3, 0.4) is 0 Å². The summed E-state index contributed by atoms with van der Waals surface area (Å²) in [5.74, 6) is 0.546. The zero-order valence-electron chi connectivity index (χ0n) is 25.7. The average molecular weight is 644 g/mol. The van der Waals surface area contributed by atoms with E-state index in [0.29, 0.717) is 66.6 Å². The third-order valence-corrected chi connectivity index (χ3v) is 8.28. The molecule has 2 heterocycles. The van der Waals surface area contributed by atoms with Crippen molar-refractivity contribution in [3.63, 3.8) is 0 Å². The number of fused-ring (bicyclic) bond motifs is 1. The number of nitrogens with zero attached hydrogens (tertiary/aromatic N) is 4. The molecule has 0 aliphatic rings. The van der Waals surface area contributed by atoms with Crippen LogP contribution in [0.5, 0.6) is 0 Å². The van der Waals surface area contributed by atoms with E-state index >= 15 is 0 Å². The molecule has 3 aromatic carbocycles. The molecule has 232 valence electrons. The first-order chi connectivity index (χ1) is 21.4. The van der Waals surface area contributed by atoms with Crippen molar-refractivity contribution in [1.82, 2.24) is 14.3 Å². The summed E-state index contributed by atoms with van der Waals surface area (Å²) < 4.78 is 35.8. The number of aromatic nitrogens is 3. The van der Waals surface area contributed by atoms with Gasteiger partial charge in [0.2, 0.25) is 10.0 Å². The highest BCUT2D eigenvalue weighted by Crippen LogP contribution is 2.40. The Balaban J connectivity index is 1.79. The Morgan fingerprint density at radius 1 is 1.13 bits per heavy atom. The lowest BCUT2D eigenvalue weighted by atomic mass is 10.0. The summed E-state index contributed by atoms with van der Waals surface area (Å²) in [6.45, 7) is 10.1. The molecule has 0 bridgehead atoms. The third kappa shape index (κ3) is 6.35. The van der Waals surface area contributed by atoms with Crippen LogP contribution in [0.25, 0.3) is 33.3 Å². The molecule has 5 aromatic rings. The van der Waals surface area contributed by atoms with E-state index in [-0.39, 0.29) is 12.2 Å². The molecule has 1 atom stereocenters. The fourth-order valence-electron chi connectivity index (χ4n) is 5.45. The number of sulfonamides is 1. The fourth-order valence-corrected chi connectivity index (χ4v) is 6.30. The summed E-state index contributed by atoms with van der Waals surface area (Å²) in [5.41, 5.74) is 4.80. The first-order valence-electron chi connectivity index (χ1n) is 14.2. The van der Waals surface area contributed by atoms with Crippen LogP contribution in [0.4, 0.5) is 11.5 Å². The molecule has 11 heteroatoms. The number of nitrogens with one attached hydrogen (secondary N) is 1. The van der Waals surface area contributed by atoms with Crippen LogP contribution in [0.2, 0.25) is 5.02 Å². The number of para-hydroxylation sites is 1. The van der Waals surface area contributed by atoms with Gasteiger partial charge in [-0.05, 0) is 62.1 Å². The predicted octanol–water partition coefficient (Wildman–Crippen LogP) is 7.39. The van der Waals surface area contributed by atoms with Crippen molar-refractivity contribution >= 4 is 55.7 Å². The van der Waals surface area contributed by atoms with Crippen molar-refractivity contribution in [1.29, 1.82) is 0 Å². The maximum Gasteiger partial charge on any atom is 0.264 e. The molecule has 9 nitrogen and oxygen atoms in total. The van der Waals surface area contributed by atoms with Crippen LogP contribution >= 0.6 is 11.6 Å². The molecule has 45 heavy (non-hydrogen) atoms. The normalized spacial score (nSPS) is 12.6. The highest BCUT2D eigenvalue weighted by atomic mass is 35.5. The molecule has 0 saturated heterocycles. The van der Waals surface area contributed by atoms with Gasteiger partial charge in [0.15, 0.2) is 5.82 Å². The molecule has 0 aliphatic carbocycles. The Kier molecular flexibility index (Phi) is 9.11. The second-order valence-electron chi connectivity index (χ2n) is 10.8. The Morgan fingerprint density at radius 2 is 1.87 bits per heavy atom. The van der Waals surface area contributed by atoms with Crippen molar-refractivity contribution in [3.05, 3.63) is 112 Å². The van der Waals surface area contributed by atoms with Gasteiger partial charge in [0.25, 0.3) is 5.56 Å². The molecule has 5 rings (SSSR count). The first kappa shape index (κ1) is 31.9. The van der Waals surface area contributed by atoms with Gasteiger partial charge in [-0.3, -0.25) is 14.1 Å². The molecular weight excluding hydrogens is 610 g/mol. The lowest BCUT2D eigenvalue weighted by Crippen LogP contribution is -2.26. The van der Waals surface area contributed by atoms with Crippen LogP contribution in [0.15, 0.2) is 89.2 Å². The SMILES string of the molecule is C=C(C)c1c(-c2ccc(COC)c(NS(C)(=O)=O)c2)nn(C(C)c2cc3cccc(Cl)c3c(=O)n2-c2ccccc2)c1/N=C\C. The van der Waals surface area contributed by atoms with Gasteiger partial charge in [0.1, 0.15) is 5.69 Å². The minimum atomic E-state index is -3.57. The highest BCUT2D eigenvalue weighted by Gasteiger charge is 2.26. The molecule has 0 amide bonds. The molecular formula is C34H34ClN5O4S. The maximum absolute atomic E-state index is 14.1. The maximum atomic E-state index is 14.1. The number of methoxy groups -OCH3 is 1. The van der Waals surface area contributed by atoms with E-state index in [1.165, 1.54) is 0 Å². The summed E-state index contributed by atoms with van der Waals surface area (Å²) in [6, 6.07) is 21.6. The molecule has 0 aliphatic heterocycles. The van der Waals surface area contributed by atoms with Crippen molar-refractivity contribution in [2.45, 2.75) is 33.4 Å². The van der Waals surface area contributed by atoms with Gasteiger partial charge in [0, 0.05) is 35.7 Å². The monoisotopic (exact) mass is 643 g/mol. The molecule has 2 aromatic heterocycles. The zero-order valence-corrected chi connectivity index (χ0v) is 27.3. The summed E-state index contributed by atoms with van der Waals surface area (Å²) in [5, 5.41) is 6.57. The van der Waals surface area contributed by atoms with E-state index in [4.69, 9.17) is 26.4 Å². The van der Waals surface area contributed by atoms with E-state index in [1.807, 2.05) is 75.4 Å². The molecule has 0 saturated carbocycles. The summed E-state index contributed by atoms with van der Waals surface area (Å²) >= 11 is 6.54. The molecule has 1 unspecified atom stereocenters. The standard InChI is InChI=1S/C34H34ClN5O4S/c1-7-36-33-30(21(2)3)32(24-16-17-25(20-44-5)28(18-24)38-45(6,42)43)37-40(33)22(4)29-19-23-12-11-15-27(35)31(23)34(41)39(29)26-13-9-8-10-14-26/h7-19,22,38H,2,20H2,1,3-6H3/b36-7-. The van der Waals surface area contributed by atoms with E-state index in [0.717, 1.165) is 6.26 Å². The van der Waals surface area contributed by atoms with E-state index in [9.17, 15) is 13.2 Å². The number of anilines is 1. The van der Waals surface area contributed by atoms with Gasteiger partial charge < -0.3 is 4.74 Å². The number of hydrogen-bond donors (Lipinski definition) is 1. The largest absolute Gasteiger partial charge is 0.380 e. The van der Waals surface area contributed by atoms with Crippen LogP contribution in [0.1, 0.15) is 43.6 Å². The number of hydrogen-bond acceptors (Lipinski definition) is 6. The van der Waals surface area contributed by atoms with Crippen molar-refractivity contribution < 1.29 is 13.2 Å². The highest BCUT2D eigenvalue weighted by molar-refractivity contribution is 7.92. The van der Waals surface area contributed by atoms with Crippen molar-refractivity contribution in [3.8, 4) is 16.9 Å². The van der Waals surface area contributed by atoms with Crippen molar-refractivity contribution in [2.75, 3.05) is 18.1 Å². The van der Waals surface area contributed by atoms with Gasteiger partial charge >= 0.3 is 0 Å². The van der Waals surface area contributed by atoms with Gasteiger partial charge in [-0.15, -0.1) is 0 Å². The molecule has 0 spiro atoms. The van der Waals surface area contributed by atoms with E-state index in [2.05, 4.69) is 11.3 Å². The molecule has 0 radical (unpaired) electrons. The number of ether oxygens (including phenoxy) is 1. The quantitative estimate of drug-likeness (QED) is 0.160. The summed E-state index contributed by atoms with van der Waals surface area (Å²) in [6.07, 6.45) is 2.78. The summed E-state index contributed by atoms with van der Waals surface area (Å²) in [7, 11) is -2.03. The molecule has 0 fully saturated rings. The van der Waals surface area contributed by atoms with Gasteiger partial charge in [-0.2, -0.15) is 5.10 Å². The lowest BCUT2D eigenvalue weighted by molar-refractivity contribution is 0.185. The average Bonchev–Trinajstić information content (AvgIpc) is 3.37. The van der Waals surface area contributed by atoms with Crippen LogP contribution in [-0.4, -0.2) is 42.3 Å². The van der Waals surface area contributed by atoms with Gasteiger partial charge in [0.05, 0.1) is 40.7 Å². The van der Waals surface area contributed by atoms with Gasteiger partial charge in [-0.1, -0.05) is 60.6 Å². The Morgan fingerprint density at radius 3 is 2.51 bits per heavy atom. The summed E-state index contributed by atoms with van der Waals surface area (Å²) in [4.78, 5) is 18.8. The van der Waals surface area contributed by atoms with Crippen LogP contribution in [-0.2, 0) is 21.4 Å². The van der Waals surface area contributed by atoms with Gasteiger partial charge in [-0.25, -0.2) is 18.1 Å². The third-order valence-electron chi connectivity index (χ3n) is 7.38. The topological polar surface area (TPSA) is 108 Å². The number of allylic oxidation sites excluding steroid dienone is 1. The Hall–Kier alpha value is -4.51. The minimum Gasteiger partial charge on any atom is -0.380 e. The fraction of sp³-hybridized carbons (Fsp3) is 0.206. The second kappa shape index (κ2) is 12.8. The van der Waals surface area contributed by atoms with Crippen LogP contribution < -0.4 is 10.3 Å². The minimum absolute atomic E-state index is 0.214. The smallest absolute Gasteiger partial charge is 0.264 e. The van der Waals surface area contributed by atoms with Crippen LogP contribution in [0, 0.1) is 0 Å². The van der Waals surface area contributed by atoms with E-state index < -0.39 is 16.1 Å². The number of benzene rings is 3. The Bertz CT molecular complexity index is 2120. The zero-order chi connectivity index (χ0) is 32.5. The predicted molar refractivity (Wildman–Crippen MR) is 184 cm³/mol. The Labute approximate surface area is 267 Å². The number of rotatable bonds is 10. The first-order valence-corrected chi connectivity index (χ1v) is 16.5.